The molecule has 2 nitrogen and oxygen atoms in total. The van der Waals surface area contributed by atoms with Crippen LogP contribution in [0.2, 0.25) is 0 Å². The third-order valence-corrected chi connectivity index (χ3v) is 2.49. The molecule has 0 aliphatic rings. The van der Waals surface area contributed by atoms with Crippen molar-refractivity contribution in [3.63, 3.8) is 0 Å². The highest BCUT2D eigenvalue weighted by Gasteiger charge is 2.33. The number of Topliss-reactive ketones (excluding diaryl/α,β-unsaturated/α-hetero) is 2. The van der Waals surface area contributed by atoms with Gasteiger partial charge in [-0.2, -0.15) is 8.78 Å². The van der Waals surface area contributed by atoms with Crippen LogP contribution in [-0.2, 0) is 11.2 Å². The molecule has 92 valence electrons. The highest BCUT2D eigenvalue weighted by Crippen LogP contribution is 2.17. The molecule has 0 heterocycles. The normalized spacial score (nSPS) is 11.3. The van der Waals surface area contributed by atoms with Crippen LogP contribution in [0.3, 0.4) is 0 Å². The number of ketones is 2. The van der Waals surface area contributed by atoms with Gasteiger partial charge in [0.2, 0.25) is 5.78 Å². The first-order chi connectivity index (χ1) is 7.84. The Balaban J connectivity index is 2.73. The minimum atomic E-state index is -3.45. The van der Waals surface area contributed by atoms with E-state index in [-0.39, 0.29) is 0 Å². The summed E-state index contributed by atoms with van der Waals surface area (Å²) in [5.41, 5.74) is 1.34. The quantitative estimate of drug-likeness (QED) is 0.585. The summed E-state index contributed by atoms with van der Waals surface area (Å²) in [6.07, 6.45) is 0.0788. The first kappa shape index (κ1) is 13.5. The van der Waals surface area contributed by atoms with E-state index >= 15 is 0 Å². The van der Waals surface area contributed by atoms with Crippen LogP contribution in [0.15, 0.2) is 24.3 Å². The van der Waals surface area contributed by atoms with Crippen LogP contribution in [0.1, 0.15) is 36.2 Å². The third-order valence-electron chi connectivity index (χ3n) is 2.49. The van der Waals surface area contributed by atoms with Crippen molar-refractivity contribution in [2.45, 2.75) is 32.6 Å². The van der Waals surface area contributed by atoms with Gasteiger partial charge in [-0.05, 0) is 12.0 Å². The second-order valence-corrected chi connectivity index (χ2v) is 3.96. The fourth-order valence-electron chi connectivity index (χ4n) is 1.33. The van der Waals surface area contributed by atoms with E-state index in [0.29, 0.717) is 12.5 Å². The van der Waals surface area contributed by atoms with Gasteiger partial charge in [0.05, 0.1) is 6.42 Å². The van der Waals surface area contributed by atoms with Crippen molar-refractivity contribution in [3.8, 4) is 0 Å². The first-order valence-electron chi connectivity index (χ1n) is 5.38. The largest absolute Gasteiger partial charge is 0.303 e. The second kappa shape index (κ2) is 5.17. The molecule has 1 aromatic carbocycles. The molecule has 0 radical (unpaired) electrons. The highest BCUT2D eigenvalue weighted by molar-refractivity contribution is 6.09. The molecule has 0 unspecified atom stereocenters. The molecule has 0 bridgehead atoms. The van der Waals surface area contributed by atoms with Gasteiger partial charge < -0.3 is 0 Å². The summed E-state index contributed by atoms with van der Waals surface area (Å²) in [6, 6.07) is 6.62. The highest BCUT2D eigenvalue weighted by atomic mass is 19.3. The van der Waals surface area contributed by atoms with Crippen LogP contribution < -0.4 is 0 Å². The smallest absolute Gasteiger partial charge is 0.294 e. The monoisotopic (exact) mass is 240 g/mol. The van der Waals surface area contributed by atoms with Gasteiger partial charge >= 0.3 is 5.92 Å². The van der Waals surface area contributed by atoms with Crippen molar-refractivity contribution in [1.82, 2.24) is 0 Å². The van der Waals surface area contributed by atoms with Gasteiger partial charge in [-0.25, -0.2) is 0 Å². The van der Waals surface area contributed by atoms with E-state index in [4.69, 9.17) is 0 Å². The van der Waals surface area contributed by atoms with E-state index in [0.717, 1.165) is 12.0 Å². The lowest BCUT2D eigenvalue weighted by atomic mass is 10.0. The number of carbonyl (C=O) groups excluding carboxylic acids is 2. The van der Waals surface area contributed by atoms with Gasteiger partial charge in [-0.1, -0.05) is 31.2 Å². The first-order valence-corrected chi connectivity index (χ1v) is 5.38. The van der Waals surface area contributed by atoms with E-state index in [2.05, 4.69) is 0 Å². The number of benzene rings is 1. The van der Waals surface area contributed by atoms with E-state index < -0.39 is 23.9 Å². The molecule has 0 aromatic heterocycles. The van der Waals surface area contributed by atoms with E-state index in [1.54, 1.807) is 24.3 Å². The molecule has 4 heteroatoms. The molecular weight excluding hydrogens is 226 g/mol. The summed E-state index contributed by atoms with van der Waals surface area (Å²) >= 11 is 0. The maximum atomic E-state index is 12.6. The van der Waals surface area contributed by atoms with Crippen molar-refractivity contribution in [1.29, 1.82) is 0 Å². The van der Waals surface area contributed by atoms with Crippen LogP contribution >= 0.6 is 0 Å². The Labute approximate surface area is 98.6 Å². The summed E-state index contributed by atoms with van der Waals surface area (Å²) < 4.78 is 25.2. The van der Waals surface area contributed by atoms with Crippen molar-refractivity contribution < 1.29 is 18.4 Å². The van der Waals surface area contributed by atoms with Crippen molar-refractivity contribution in [3.05, 3.63) is 35.4 Å². The number of hydrogen-bond acceptors (Lipinski definition) is 2. The lowest BCUT2D eigenvalue weighted by Gasteiger charge is -2.08. The predicted octanol–water partition coefficient (Wildman–Crippen LogP) is 3.05. The maximum absolute atomic E-state index is 12.6. The van der Waals surface area contributed by atoms with Gasteiger partial charge in [-0.3, -0.25) is 9.59 Å². The zero-order chi connectivity index (χ0) is 13.1. The molecule has 0 fully saturated rings. The number of carbonyl (C=O) groups is 2. The van der Waals surface area contributed by atoms with Crippen molar-refractivity contribution >= 4 is 11.6 Å². The van der Waals surface area contributed by atoms with Crippen LogP contribution in [-0.4, -0.2) is 17.5 Å². The molecule has 0 amide bonds. The zero-order valence-corrected chi connectivity index (χ0v) is 9.80. The Morgan fingerprint density at radius 3 is 2.12 bits per heavy atom. The Bertz CT molecular complexity index is 416. The van der Waals surface area contributed by atoms with E-state index in [1.807, 2.05) is 6.92 Å². The molecule has 0 N–H and O–H groups in total. The predicted molar refractivity (Wildman–Crippen MR) is 60.4 cm³/mol. The number of halogens is 2. The number of aryl methyl sites for hydroxylation is 1. The molecule has 0 aliphatic carbocycles. The molecule has 0 aliphatic heterocycles. The minimum Gasteiger partial charge on any atom is -0.294 e. The SMILES string of the molecule is CCc1ccc(C(=O)CC(=O)C(C)(F)F)cc1. The number of hydrogen-bond donors (Lipinski definition) is 0. The van der Waals surface area contributed by atoms with Crippen molar-refractivity contribution in [2.24, 2.45) is 0 Å². The summed E-state index contributed by atoms with van der Waals surface area (Å²) in [7, 11) is 0. The summed E-state index contributed by atoms with van der Waals surface area (Å²) in [5.74, 6) is -5.36. The van der Waals surface area contributed by atoms with Gasteiger partial charge in [-0.15, -0.1) is 0 Å². The minimum absolute atomic E-state index is 0.291. The molecular formula is C13H14F2O2. The van der Waals surface area contributed by atoms with Crippen LogP contribution in [0.25, 0.3) is 0 Å². The van der Waals surface area contributed by atoms with Gasteiger partial charge in [0.15, 0.2) is 5.78 Å². The topological polar surface area (TPSA) is 34.1 Å². The number of rotatable bonds is 5. The van der Waals surface area contributed by atoms with E-state index in [1.165, 1.54) is 0 Å². The Morgan fingerprint density at radius 1 is 1.18 bits per heavy atom. The summed E-state index contributed by atoms with van der Waals surface area (Å²) in [4.78, 5) is 22.5. The average Bonchev–Trinajstić information content (AvgIpc) is 2.27. The van der Waals surface area contributed by atoms with E-state index in [9.17, 15) is 18.4 Å². The number of alkyl halides is 2. The molecule has 0 atom stereocenters. The van der Waals surface area contributed by atoms with Gasteiger partial charge in [0.1, 0.15) is 0 Å². The van der Waals surface area contributed by atoms with Crippen LogP contribution in [0.4, 0.5) is 8.78 Å². The summed E-state index contributed by atoms with van der Waals surface area (Å²) in [6.45, 7) is 2.47. The maximum Gasteiger partial charge on any atom is 0.303 e. The molecule has 17 heavy (non-hydrogen) atoms. The fraction of sp³-hybridized carbons (Fsp3) is 0.385. The molecule has 0 saturated carbocycles. The standard InChI is InChI=1S/C13H14F2O2/c1-3-9-4-6-10(7-5-9)11(16)8-12(17)13(2,14)15/h4-7H,3,8H2,1-2H3. The second-order valence-electron chi connectivity index (χ2n) is 3.96. The Kier molecular flexibility index (Phi) is 4.10. The van der Waals surface area contributed by atoms with Crippen LogP contribution in [0, 0.1) is 0 Å². The third kappa shape index (κ3) is 3.73. The van der Waals surface area contributed by atoms with Gasteiger partial charge in [0.25, 0.3) is 0 Å². The molecule has 0 saturated heterocycles. The zero-order valence-electron chi connectivity index (χ0n) is 9.80. The average molecular weight is 240 g/mol. The molecule has 1 aromatic rings. The lowest BCUT2D eigenvalue weighted by molar-refractivity contribution is -0.139. The van der Waals surface area contributed by atoms with Crippen LogP contribution in [0.5, 0.6) is 0 Å². The Morgan fingerprint density at radius 2 is 1.71 bits per heavy atom. The van der Waals surface area contributed by atoms with Crippen molar-refractivity contribution in [2.75, 3.05) is 0 Å². The molecule has 0 spiro atoms. The fourth-order valence-corrected chi connectivity index (χ4v) is 1.33. The summed E-state index contributed by atoms with van der Waals surface area (Å²) in [5, 5.41) is 0. The molecule has 1 rings (SSSR count). The van der Waals surface area contributed by atoms with Gasteiger partial charge in [0, 0.05) is 12.5 Å². The lowest BCUT2D eigenvalue weighted by Crippen LogP contribution is -2.26. The Hall–Kier alpha value is -1.58.